The molecular weight excluding hydrogens is 292 g/mol. The first-order chi connectivity index (χ1) is 9.52. The van der Waals surface area contributed by atoms with Gasteiger partial charge in [0.15, 0.2) is 5.84 Å². The third-order valence-corrected chi connectivity index (χ3v) is 4.41. The Hall–Kier alpha value is -1.65. The second-order valence-corrected chi connectivity index (χ2v) is 5.97. The molecule has 0 fully saturated rings. The van der Waals surface area contributed by atoms with Gasteiger partial charge in [0, 0.05) is 9.79 Å². The zero-order valence-electron chi connectivity index (χ0n) is 11.2. The highest BCUT2D eigenvalue weighted by Gasteiger charge is 2.13. The zero-order valence-corrected chi connectivity index (χ0v) is 12.8. The van der Waals surface area contributed by atoms with Gasteiger partial charge in [0.1, 0.15) is 0 Å². The van der Waals surface area contributed by atoms with Gasteiger partial charge in [-0.05, 0) is 49.2 Å². The van der Waals surface area contributed by atoms with E-state index >= 15 is 0 Å². The third kappa shape index (κ3) is 3.08. The molecule has 0 amide bonds. The lowest BCUT2D eigenvalue weighted by atomic mass is 10.1. The molecule has 104 valence electrons. The Morgan fingerprint density at radius 3 is 2.60 bits per heavy atom. The standard InChI is InChI=1S/C15H15ClN2OS/c1-9-6-7-11(8-10(9)2)20-13-5-3-4-12(16)14(13)15(17)18-19/h3-8,19H,1-2H3,(H2,17,18). The fraction of sp³-hybridized carbons (Fsp3) is 0.133. The summed E-state index contributed by atoms with van der Waals surface area (Å²) in [5.41, 5.74) is 8.73. The first-order valence-electron chi connectivity index (χ1n) is 6.04. The smallest absolute Gasteiger partial charge is 0.172 e. The molecule has 0 unspecified atom stereocenters. The van der Waals surface area contributed by atoms with Crippen LogP contribution in [0, 0.1) is 13.8 Å². The number of amidine groups is 1. The van der Waals surface area contributed by atoms with Crippen molar-refractivity contribution < 1.29 is 5.21 Å². The summed E-state index contributed by atoms with van der Waals surface area (Å²) in [7, 11) is 0. The Balaban J connectivity index is 2.43. The second kappa shape index (κ2) is 6.20. The summed E-state index contributed by atoms with van der Waals surface area (Å²) >= 11 is 7.68. The molecule has 0 aromatic heterocycles. The number of aryl methyl sites for hydroxylation is 2. The van der Waals surface area contributed by atoms with E-state index in [0.717, 1.165) is 9.79 Å². The fourth-order valence-electron chi connectivity index (χ4n) is 1.79. The van der Waals surface area contributed by atoms with E-state index in [4.69, 9.17) is 22.5 Å². The molecule has 3 N–H and O–H groups in total. The number of hydrogen-bond donors (Lipinski definition) is 2. The summed E-state index contributed by atoms with van der Waals surface area (Å²) in [6.45, 7) is 4.15. The van der Waals surface area contributed by atoms with Crippen molar-refractivity contribution in [1.29, 1.82) is 0 Å². The number of benzene rings is 2. The van der Waals surface area contributed by atoms with Crippen LogP contribution in [0.15, 0.2) is 51.3 Å². The molecule has 2 aromatic carbocycles. The van der Waals surface area contributed by atoms with Crippen LogP contribution < -0.4 is 5.73 Å². The largest absolute Gasteiger partial charge is 0.409 e. The van der Waals surface area contributed by atoms with Crippen LogP contribution in [-0.2, 0) is 0 Å². The van der Waals surface area contributed by atoms with Crippen molar-refractivity contribution in [2.75, 3.05) is 0 Å². The molecule has 3 nitrogen and oxygen atoms in total. The minimum atomic E-state index is 0.0157. The van der Waals surface area contributed by atoms with Crippen molar-refractivity contribution in [3.63, 3.8) is 0 Å². The molecule has 0 spiro atoms. The van der Waals surface area contributed by atoms with Gasteiger partial charge in [0.25, 0.3) is 0 Å². The van der Waals surface area contributed by atoms with Gasteiger partial charge in [-0.2, -0.15) is 0 Å². The number of halogens is 1. The quantitative estimate of drug-likeness (QED) is 0.387. The molecule has 0 aliphatic heterocycles. The highest BCUT2D eigenvalue weighted by atomic mass is 35.5. The molecule has 0 bridgehead atoms. The van der Waals surface area contributed by atoms with Gasteiger partial charge in [0.05, 0.1) is 10.6 Å². The average Bonchev–Trinajstić information content (AvgIpc) is 2.42. The van der Waals surface area contributed by atoms with Gasteiger partial charge in [-0.15, -0.1) is 0 Å². The Morgan fingerprint density at radius 2 is 1.95 bits per heavy atom. The van der Waals surface area contributed by atoms with Crippen molar-refractivity contribution in [3.8, 4) is 0 Å². The van der Waals surface area contributed by atoms with E-state index in [1.54, 1.807) is 6.07 Å². The minimum absolute atomic E-state index is 0.0157. The Labute approximate surface area is 127 Å². The van der Waals surface area contributed by atoms with Crippen molar-refractivity contribution in [1.82, 2.24) is 0 Å². The number of rotatable bonds is 3. The van der Waals surface area contributed by atoms with Crippen LogP contribution in [0.4, 0.5) is 0 Å². The number of oxime groups is 1. The van der Waals surface area contributed by atoms with Crippen LogP contribution in [0.3, 0.4) is 0 Å². The molecule has 0 saturated heterocycles. The molecule has 0 radical (unpaired) electrons. The average molecular weight is 307 g/mol. The van der Waals surface area contributed by atoms with E-state index in [9.17, 15) is 0 Å². The summed E-state index contributed by atoms with van der Waals surface area (Å²) in [6, 6.07) is 11.7. The van der Waals surface area contributed by atoms with Crippen LogP contribution >= 0.6 is 23.4 Å². The number of hydrogen-bond acceptors (Lipinski definition) is 3. The summed E-state index contributed by atoms with van der Waals surface area (Å²) in [5.74, 6) is 0.0157. The Kier molecular flexibility index (Phi) is 4.57. The highest BCUT2D eigenvalue weighted by molar-refractivity contribution is 7.99. The maximum absolute atomic E-state index is 8.88. The van der Waals surface area contributed by atoms with Crippen LogP contribution in [0.5, 0.6) is 0 Å². The van der Waals surface area contributed by atoms with Crippen molar-refractivity contribution in [3.05, 3.63) is 58.1 Å². The number of nitrogens with two attached hydrogens (primary N) is 1. The van der Waals surface area contributed by atoms with Gasteiger partial charge in [-0.25, -0.2) is 0 Å². The van der Waals surface area contributed by atoms with Crippen LogP contribution in [0.25, 0.3) is 0 Å². The van der Waals surface area contributed by atoms with Crippen LogP contribution in [0.2, 0.25) is 5.02 Å². The predicted molar refractivity (Wildman–Crippen MR) is 84.0 cm³/mol. The maximum atomic E-state index is 8.88. The van der Waals surface area contributed by atoms with E-state index in [1.807, 2.05) is 18.2 Å². The van der Waals surface area contributed by atoms with Crippen molar-refractivity contribution in [2.24, 2.45) is 10.9 Å². The monoisotopic (exact) mass is 306 g/mol. The van der Waals surface area contributed by atoms with Gasteiger partial charge in [-0.3, -0.25) is 0 Å². The van der Waals surface area contributed by atoms with E-state index in [2.05, 4.69) is 31.1 Å². The predicted octanol–water partition coefficient (Wildman–Crippen LogP) is 4.20. The van der Waals surface area contributed by atoms with Crippen LogP contribution in [-0.4, -0.2) is 11.0 Å². The highest BCUT2D eigenvalue weighted by Crippen LogP contribution is 2.34. The summed E-state index contributed by atoms with van der Waals surface area (Å²) in [5, 5.41) is 12.4. The van der Waals surface area contributed by atoms with Gasteiger partial charge in [-0.1, -0.05) is 40.7 Å². The van der Waals surface area contributed by atoms with Crippen LogP contribution in [0.1, 0.15) is 16.7 Å². The normalized spacial score (nSPS) is 11.7. The molecule has 5 heteroatoms. The zero-order chi connectivity index (χ0) is 14.7. The SMILES string of the molecule is Cc1ccc(Sc2cccc(Cl)c2C(N)=NO)cc1C. The van der Waals surface area contributed by atoms with E-state index in [0.29, 0.717) is 10.6 Å². The lowest BCUT2D eigenvalue weighted by Crippen LogP contribution is -2.14. The first kappa shape index (κ1) is 14.8. The van der Waals surface area contributed by atoms with Gasteiger partial charge in [0.2, 0.25) is 0 Å². The minimum Gasteiger partial charge on any atom is -0.409 e. The molecule has 0 atom stereocenters. The van der Waals surface area contributed by atoms with E-state index in [-0.39, 0.29) is 5.84 Å². The third-order valence-electron chi connectivity index (χ3n) is 3.05. The molecule has 0 aliphatic carbocycles. The molecular formula is C15H15ClN2OS. The van der Waals surface area contributed by atoms with Crippen molar-refractivity contribution in [2.45, 2.75) is 23.6 Å². The molecule has 20 heavy (non-hydrogen) atoms. The molecule has 2 rings (SSSR count). The molecule has 0 heterocycles. The van der Waals surface area contributed by atoms with E-state index < -0.39 is 0 Å². The summed E-state index contributed by atoms with van der Waals surface area (Å²) in [6.07, 6.45) is 0. The van der Waals surface area contributed by atoms with Gasteiger partial charge >= 0.3 is 0 Å². The van der Waals surface area contributed by atoms with E-state index in [1.165, 1.54) is 22.9 Å². The molecule has 0 aliphatic rings. The second-order valence-electron chi connectivity index (χ2n) is 4.45. The summed E-state index contributed by atoms with van der Waals surface area (Å²) in [4.78, 5) is 1.94. The summed E-state index contributed by atoms with van der Waals surface area (Å²) < 4.78 is 0. The topological polar surface area (TPSA) is 58.6 Å². The lowest BCUT2D eigenvalue weighted by Gasteiger charge is -2.10. The fourth-order valence-corrected chi connectivity index (χ4v) is 3.21. The Morgan fingerprint density at radius 1 is 1.20 bits per heavy atom. The number of nitrogens with zero attached hydrogens (tertiary/aromatic N) is 1. The molecule has 2 aromatic rings. The lowest BCUT2D eigenvalue weighted by molar-refractivity contribution is 0.318. The Bertz CT molecular complexity index is 671. The van der Waals surface area contributed by atoms with Gasteiger partial charge < -0.3 is 10.9 Å². The first-order valence-corrected chi connectivity index (χ1v) is 7.24. The van der Waals surface area contributed by atoms with Crippen molar-refractivity contribution >= 4 is 29.2 Å². The maximum Gasteiger partial charge on any atom is 0.172 e. The molecule has 0 saturated carbocycles.